The minimum atomic E-state index is 0.486. The van der Waals surface area contributed by atoms with Crippen LogP contribution in [0.25, 0.3) is 11.0 Å². The Balaban J connectivity index is 1.97. The van der Waals surface area contributed by atoms with Crippen LogP contribution < -0.4 is 5.73 Å². The van der Waals surface area contributed by atoms with E-state index in [0.29, 0.717) is 30.8 Å². The van der Waals surface area contributed by atoms with Gasteiger partial charge in [-0.3, -0.25) is 0 Å². The third kappa shape index (κ3) is 3.37. The fraction of sp³-hybridized carbons (Fsp3) is 0.462. The van der Waals surface area contributed by atoms with Crippen molar-refractivity contribution in [3.05, 3.63) is 23.2 Å². The Morgan fingerprint density at radius 3 is 2.95 bits per heavy atom. The van der Waals surface area contributed by atoms with Gasteiger partial charge in [0.1, 0.15) is 5.52 Å². The number of halogens is 1. The van der Waals surface area contributed by atoms with Crippen LogP contribution in [0.5, 0.6) is 0 Å². The molecular formula is C13H18ClN3O2. The lowest BCUT2D eigenvalue weighted by molar-refractivity contribution is 0.0682. The molecule has 1 aromatic heterocycles. The molecule has 0 aliphatic rings. The van der Waals surface area contributed by atoms with Gasteiger partial charge in [-0.1, -0.05) is 17.7 Å². The summed E-state index contributed by atoms with van der Waals surface area (Å²) < 4.78 is 12.3. The molecule has 0 spiro atoms. The molecule has 104 valence electrons. The number of hydrogen-bond donors (Lipinski definition) is 1. The molecule has 0 saturated heterocycles. The van der Waals surface area contributed by atoms with Crippen LogP contribution in [0.15, 0.2) is 18.2 Å². The molecule has 0 aliphatic heterocycles. The summed E-state index contributed by atoms with van der Waals surface area (Å²) in [4.78, 5) is 4.29. The Morgan fingerprint density at radius 1 is 1.32 bits per heavy atom. The summed E-state index contributed by atoms with van der Waals surface area (Å²) in [6.45, 7) is 2.66. The second-order valence-electron chi connectivity index (χ2n) is 4.19. The number of anilines is 1. The summed E-state index contributed by atoms with van der Waals surface area (Å²) in [5, 5.41) is 0.624. The van der Waals surface area contributed by atoms with E-state index < -0.39 is 0 Å². The van der Waals surface area contributed by atoms with Gasteiger partial charge < -0.3 is 19.8 Å². The maximum atomic E-state index is 6.09. The van der Waals surface area contributed by atoms with Crippen LogP contribution in [-0.2, 0) is 16.0 Å². The van der Waals surface area contributed by atoms with Crippen molar-refractivity contribution in [2.45, 2.75) is 13.0 Å². The van der Waals surface area contributed by atoms with E-state index in [9.17, 15) is 0 Å². The predicted octanol–water partition coefficient (Wildman–Crippen LogP) is 2.33. The zero-order valence-corrected chi connectivity index (χ0v) is 11.7. The molecule has 0 atom stereocenters. The standard InChI is InChI=1S/C13H18ClN3O2/c1-18-8-9-19-7-3-6-17-11-5-2-4-10(14)12(11)16-13(17)15/h2,4-5H,3,6-9H2,1H3,(H2,15,16). The lowest BCUT2D eigenvalue weighted by Gasteiger charge is -2.07. The number of benzene rings is 1. The van der Waals surface area contributed by atoms with E-state index in [0.717, 1.165) is 24.0 Å². The highest BCUT2D eigenvalue weighted by molar-refractivity contribution is 6.35. The number of aryl methyl sites for hydroxylation is 1. The molecular weight excluding hydrogens is 266 g/mol. The van der Waals surface area contributed by atoms with Crippen LogP contribution in [0.1, 0.15) is 6.42 Å². The molecule has 0 radical (unpaired) electrons. The number of rotatable bonds is 7. The van der Waals surface area contributed by atoms with Crippen molar-refractivity contribution in [1.82, 2.24) is 9.55 Å². The molecule has 2 N–H and O–H groups in total. The van der Waals surface area contributed by atoms with E-state index in [1.807, 2.05) is 22.8 Å². The van der Waals surface area contributed by atoms with E-state index >= 15 is 0 Å². The van der Waals surface area contributed by atoms with E-state index in [-0.39, 0.29) is 0 Å². The monoisotopic (exact) mass is 283 g/mol. The van der Waals surface area contributed by atoms with Crippen molar-refractivity contribution in [2.75, 3.05) is 32.7 Å². The van der Waals surface area contributed by atoms with Crippen molar-refractivity contribution < 1.29 is 9.47 Å². The van der Waals surface area contributed by atoms with Crippen LogP contribution in [0.3, 0.4) is 0 Å². The van der Waals surface area contributed by atoms with Crippen LogP contribution in [-0.4, -0.2) is 36.5 Å². The topological polar surface area (TPSA) is 62.3 Å². The van der Waals surface area contributed by atoms with Gasteiger partial charge in [0.2, 0.25) is 5.95 Å². The van der Waals surface area contributed by atoms with Crippen molar-refractivity contribution in [1.29, 1.82) is 0 Å². The highest BCUT2D eigenvalue weighted by atomic mass is 35.5. The molecule has 6 heteroatoms. The zero-order valence-electron chi connectivity index (χ0n) is 10.9. The highest BCUT2D eigenvalue weighted by Gasteiger charge is 2.09. The first-order valence-corrected chi connectivity index (χ1v) is 6.58. The fourth-order valence-corrected chi connectivity index (χ4v) is 2.15. The molecule has 5 nitrogen and oxygen atoms in total. The number of aromatic nitrogens is 2. The second kappa shape index (κ2) is 6.75. The maximum Gasteiger partial charge on any atom is 0.201 e. The molecule has 0 aliphatic carbocycles. The number of nitrogens with zero attached hydrogens (tertiary/aromatic N) is 2. The van der Waals surface area contributed by atoms with Crippen molar-refractivity contribution in [3.8, 4) is 0 Å². The zero-order chi connectivity index (χ0) is 13.7. The predicted molar refractivity (Wildman–Crippen MR) is 76.5 cm³/mol. The normalized spacial score (nSPS) is 11.3. The lowest BCUT2D eigenvalue weighted by Crippen LogP contribution is -2.08. The van der Waals surface area contributed by atoms with Crippen LogP contribution in [0.2, 0.25) is 5.02 Å². The molecule has 0 saturated carbocycles. The van der Waals surface area contributed by atoms with E-state index in [1.54, 1.807) is 7.11 Å². The van der Waals surface area contributed by atoms with Gasteiger partial charge in [0, 0.05) is 20.3 Å². The van der Waals surface area contributed by atoms with Gasteiger partial charge >= 0.3 is 0 Å². The lowest BCUT2D eigenvalue weighted by atomic mass is 10.3. The van der Waals surface area contributed by atoms with Gasteiger partial charge in [0.05, 0.1) is 23.8 Å². The molecule has 1 aromatic carbocycles. The molecule has 19 heavy (non-hydrogen) atoms. The maximum absolute atomic E-state index is 6.09. The quantitative estimate of drug-likeness (QED) is 0.792. The molecule has 1 heterocycles. The van der Waals surface area contributed by atoms with Gasteiger partial charge in [-0.2, -0.15) is 0 Å². The van der Waals surface area contributed by atoms with E-state index in [4.69, 9.17) is 26.8 Å². The number of ether oxygens (including phenoxy) is 2. The van der Waals surface area contributed by atoms with Gasteiger partial charge in [-0.15, -0.1) is 0 Å². The van der Waals surface area contributed by atoms with Gasteiger partial charge in [-0.05, 0) is 18.6 Å². The highest BCUT2D eigenvalue weighted by Crippen LogP contribution is 2.24. The van der Waals surface area contributed by atoms with E-state index in [2.05, 4.69) is 4.98 Å². The Morgan fingerprint density at radius 2 is 2.16 bits per heavy atom. The first-order valence-electron chi connectivity index (χ1n) is 6.21. The van der Waals surface area contributed by atoms with Gasteiger partial charge in [0.15, 0.2) is 0 Å². The molecule has 0 bridgehead atoms. The Labute approximate surface area is 117 Å². The number of methoxy groups -OCH3 is 1. The largest absolute Gasteiger partial charge is 0.382 e. The van der Waals surface area contributed by atoms with Crippen LogP contribution >= 0.6 is 11.6 Å². The van der Waals surface area contributed by atoms with E-state index in [1.165, 1.54) is 0 Å². The Kier molecular flexibility index (Phi) is 5.01. The molecule has 0 fully saturated rings. The molecule has 2 aromatic rings. The average molecular weight is 284 g/mol. The van der Waals surface area contributed by atoms with Crippen LogP contribution in [0, 0.1) is 0 Å². The first-order chi connectivity index (χ1) is 9.24. The van der Waals surface area contributed by atoms with Gasteiger partial charge in [0.25, 0.3) is 0 Å². The van der Waals surface area contributed by atoms with Crippen LogP contribution in [0.4, 0.5) is 5.95 Å². The van der Waals surface area contributed by atoms with Crippen molar-refractivity contribution in [2.24, 2.45) is 0 Å². The molecule has 0 unspecified atom stereocenters. The fourth-order valence-electron chi connectivity index (χ4n) is 1.93. The third-order valence-electron chi connectivity index (χ3n) is 2.86. The summed E-state index contributed by atoms with van der Waals surface area (Å²) in [5.74, 6) is 0.486. The minimum absolute atomic E-state index is 0.486. The summed E-state index contributed by atoms with van der Waals surface area (Å²) in [6, 6.07) is 5.68. The summed E-state index contributed by atoms with van der Waals surface area (Å²) in [7, 11) is 1.66. The summed E-state index contributed by atoms with van der Waals surface area (Å²) >= 11 is 6.09. The van der Waals surface area contributed by atoms with Gasteiger partial charge in [-0.25, -0.2) is 4.98 Å². The van der Waals surface area contributed by atoms with Crippen molar-refractivity contribution >= 4 is 28.6 Å². The number of nitrogen functional groups attached to an aromatic ring is 1. The number of nitrogens with two attached hydrogens (primary N) is 1. The number of imidazole rings is 1. The SMILES string of the molecule is COCCOCCCn1c(N)nc2c(Cl)cccc21. The molecule has 2 rings (SSSR count). The Hall–Kier alpha value is -1.30. The number of fused-ring (bicyclic) bond motifs is 1. The summed E-state index contributed by atoms with van der Waals surface area (Å²) in [6.07, 6.45) is 0.867. The molecule has 0 amide bonds. The Bertz CT molecular complexity index is 542. The second-order valence-corrected chi connectivity index (χ2v) is 4.60. The van der Waals surface area contributed by atoms with Crippen molar-refractivity contribution in [3.63, 3.8) is 0 Å². The number of hydrogen-bond acceptors (Lipinski definition) is 4. The smallest absolute Gasteiger partial charge is 0.201 e. The first kappa shape index (κ1) is 14.1. The third-order valence-corrected chi connectivity index (χ3v) is 3.17. The average Bonchev–Trinajstić information content (AvgIpc) is 2.72. The minimum Gasteiger partial charge on any atom is -0.382 e. The number of para-hydroxylation sites is 1. The summed E-state index contributed by atoms with van der Waals surface area (Å²) in [5.41, 5.74) is 7.63.